The molecule has 25 heavy (non-hydrogen) atoms. The van der Waals surface area contributed by atoms with Gasteiger partial charge in [0.1, 0.15) is 0 Å². The molecule has 0 unspecified atom stereocenters. The van der Waals surface area contributed by atoms with E-state index in [1.807, 2.05) is 30.3 Å². The van der Waals surface area contributed by atoms with Crippen molar-refractivity contribution in [3.8, 4) is 6.07 Å². The molecule has 1 atom stereocenters. The second kappa shape index (κ2) is 8.11. The highest BCUT2D eigenvalue weighted by Gasteiger charge is 2.19. The van der Waals surface area contributed by atoms with Crippen LogP contribution in [-0.4, -0.2) is 18.0 Å². The van der Waals surface area contributed by atoms with E-state index >= 15 is 0 Å². The maximum atomic E-state index is 12.2. The second-order valence-corrected chi connectivity index (χ2v) is 6.00. The summed E-state index contributed by atoms with van der Waals surface area (Å²) in [5, 5.41) is 11.5. The number of benzene rings is 2. The van der Waals surface area contributed by atoms with E-state index in [9.17, 15) is 9.59 Å². The first-order valence-electron chi connectivity index (χ1n) is 8.02. The van der Waals surface area contributed by atoms with Crippen molar-refractivity contribution < 1.29 is 14.3 Å². The quantitative estimate of drug-likeness (QED) is 0.841. The molecule has 2 aromatic rings. The van der Waals surface area contributed by atoms with Crippen molar-refractivity contribution in [3.05, 3.63) is 65.2 Å². The number of rotatable bonds is 5. The number of anilines is 1. The molecule has 5 heteroatoms. The molecular weight excluding hydrogens is 316 g/mol. The van der Waals surface area contributed by atoms with Crippen LogP contribution in [0.5, 0.6) is 0 Å². The van der Waals surface area contributed by atoms with Gasteiger partial charge in [0, 0.05) is 5.69 Å². The first-order valence-corrected chi connectivity index (χ1v) is 8.02. The van der Waals surface area contributed by atoms with Crippen molar-refractivity contribution in [2.24, 2.45) is 0 Å². The van der Waals surface area contributed by atoms with E-state index in [0.717, 1.165) is 0 Å². The summed E-state index contributed by atoms with van der Waals surface area (Å²) in [5.41, 5.74) is 2.57. The highest BCUT2D eigenvalue weighted by Crippen LogP contribution is 2.17. The zero-order valence-corrected chi connectivity index (χ0v) is 14.4. The number of hydrogen-bond acceptors (Lipinski definition) is 4. The minimum atomic E-state index is -0.937. The number of nitrogens with one attached hydrogen (secondary N) is 1. The van der Waals surface area contributed by atoms with Gasteiger partial charge in [0.05, 0.1) is 17.2 Å². The molecule has 0 fully saturated rings. The van der Waals surface area contributed by atoms with Crippen molar-refractivity contribution >= 4 is 17.6 Å². The van der Waals surface area contributed by atoms with Crippen LogP contribution in [0.25, 0.3) is 0 Å². The van der Waals surface area contributed by atoms with Crippen LogP contribution in [0, 0.1) is 11.3 Å². The summed E-state index contributed by atoms with van der Waals surface area (Å²) in [6.45, 7) is 5.70. The Morgan fingerprint density at radius 3 is 2.12 bits per heavy atom. The molecule has 0 bridgehead atoms. The molecule has 0 saturated heterocycles. The van der Waals surface area contributed by atoms with Gasteiger partial charge < -0.3 is 10.1 Å². The molecule has 0 spiro atoms. The van der Waals surface area contributed by atoms with Crippen LogP contribution >= 0.6 is 0 Å². The topological polar surface area (TPSA) is 79.2 Å². The van der Waals surface area contributed by atoms with Crippen molar-refractivity contribution in [1.82, 2.24) is 0 Å². The SMILES string of the molecule is CC(C)c1ccc(NC(=O)[C@@H](C)OC(=O)c2ccc(C#N)cc2)cc1. The molecular formula is C20H20N2O3. The van der Waals surface area contributed by atoms with Crippen LogP contribution in [0.3, 0.4) is 0 Å². The molecule has 0 heterocycles. The lowest BCUT2D eigenvalue weighted by Gasteiger charge is -2.14. The van der Waals surface area contributed by atoms with Crippen LogP contribution in [0.4, 0.5) is 5.69 Å². The number of amides is 1. The fourth-order valence-corrected chi connectivity index (χ4v) is 2.16. The van der Waals surface area contributed by atoms with Crippen molar-refractivity contribution in [1.29, 1.82) is 5.26 Å². The number of nitriles is 1. The van der Waals surface area contributed by atoms with Crippen LogP contribution in [0.1, 0.15) is 48.2 Å². The van der Waals surface area contributed by atoms with Crippen molar-refractivity contribution in [2.45, 2.75) is 32.8 Å². The number of carbonyl (C=O) groups is 2. The molecule has 0 saturated carbocycles. The summed E-state index contributed by atoms with van der Waals surface area (Å²) in [6, 6.07) is 15.6. The van der Waals surface area contributed by atoms with Gasteiger partial charge in [-0.25, -0.2) is 4.79 Å². The molecule has 0 radical (unpaired) electrons. The van der Waals surface area contributed by atoms with Gasteiger partial charge in [-0.05, 0) is 54.8 Å². The van der Waals surface area contributed by atoms with Crippen molar-refractivity contribution in [2.75, 3.05) is 5.32 Å². The predicted octanol–water partition coefficient (Wildman–Crippen LogP) is 3.87. The van der Waals surface area contributed by atoms with E-state index in [4.69, 9.17) is 10.00 Å². The number of carbonyl (C=O) groups excluding carboxylic acids is 2. The first-order chi connectivity index (χ1) is 11.9. The maximum Gasteiger partial charge on any atom is 0.338 e. The summed E-state index contributed by atoms with van der Waals surface area (Å²) in [7, 11) is 0. The third kappa shape index (κ3) is 4.92. The molecule has 2 rings (SSSR count). The summed E-state index contributed by atoms with van der Waals surface area (Å²) in [6.07, 6.45) is -0.937. The van der Waals surface area contributed by atoms with Crippen LogP contribution < -0.4 is 5.32 Å². The molecule has 2 aromatic carbocycles. The van der Waals surface area contributed by atoms with Crippen LogP contribution in [0.2, 0.25) is 0 Å². The fraction of sp³-hybridized carbons (Fsp3) is 0.250. The highest BCUT2D eigenvalue weighted by atomic mass is 16.5. The smallest absolute Gasteiger partial charge is 0.338 e. The third-order valence-electron chi connectivity index (χ3n) is 3.75. The largest absolute Gasteiger partial charge is 0.449 e. The number of esters is 1. The van der Waals surface area contributed by atoms with E-state index in [2.05, 4.69) is 19.2 Å². The summed E-state index contributed by atoms with van der Waals surface area (Å²) in [5.74, 6) is -0.598. The maximum absolute atomic E-state index is 12.2. The molecule has 1 N–H and O–H groups in total. The summed E-state index contributed by atoms with van der Waals surface area (Å²) >= 11 is 0. The highest BCUT2D eigenvalue weighted by molar-refractivity contribution is 5.97. The minimum absolute atomic E-state index is 0.292. The Bertz CT molecular complexity index is 787. The monoisotopic (exact) mass is 336 g/mol. The van der Waals surface area contributed by atoms with E-state index in [1.165, 1.54) is 36.8 Å². The van der Waals surface area contributed by atoms with E-state index in [1.54, 1.807) is 0 Å². The normalized spacial score (nSPS) is 11.5. The van der Waals surface area contributed by atoms with Gasteiger partial charge in [0.15, 0.2) is 6.10 Å². The zero-order valence-electron chi connectivity index (χ0n) is 14.4. The third-order valence-corrected chi connectivity index (χ3v) is 3.75. The molecule has 0 aliphatic heterocycles. The van der Waals surface area contributed by atoms with Gasteiger partial charge in [-0.15, -0.1) is 0 Å². The Morgan fingerprint density at radius 2 is 1.60 bits per heavy atom. The molecule has 0 aliphatic rings. The van der Waals surface area contributed by atoms with Crippen molar-refractivity contribution in [3.63, 3.8) is 0 Å². The lowest BCUT2D eigenvalue weighted by atomic mass is 10.0. The molecule has 5 nitrogen and oxygen atoms in total. The Morgan fingerprint density at radius 1 is 1.00 bits per heavy atom. The van der Waals surface area contributed by atoms with Gasteiger partial charge in [-0.1, -0.05) is 26.0 Å². The second-order valence-electron chi connectivity index (χ2n) is 6.00. The number of ether oxygens (including phenoxy) is 1. The van der Waals surface area contributed by atoms with E-state index < -0.39 is 18.0 Å². The summed E-state index contributed by atoms with van der Waals surface area (Å²) < 4.78 is 5.17. The van der Waals surface area contributed by atoms with Gasteiger partial charge >= 0.3 is 5.97 Å². The average Bonchev–Trinajstić information content (AvgIpc) is 2.62. The van der Waals surface area contributed by atoms with Crippen LogP contribution in [0.15, 0.2) is 48.5 Å². The molecule has 128 valence electrons. The van der Waals surface area contributed by atoms with Crippen LogP contribution in [-0.2, 0) is 9.53 Å². The number of hydrogen-bond donors (Lipinski definition) is 1. The Hall–Kier alpha value is -3.13. The Balaban J connectivity index is 1.94. The standard InChI is InChI=1S/C20H20N2O3/c1-13(2)16-8-10-18(11-9-16)22-19(23)14(3)25-20(24)17-6-4-15(12-21)5-7-17/h4-11,13-14H,1-3H3,(H,22,23)/t14-/m1/s1. The Kier molecular flexibility index (Phi) is 5.91. The van der Waals surface area contributed by atoms with Gasteiger partial charge in [0.25, 0.3) is 5.91 Å². The van der Waals surface area contributed by atoms with E-state index in [0.29, 0.717) is 22.7 Å². The minimum Gasteiger partial charge on any atom is -0.449 e. The fourth-order valence-electron chi connectivity index (χ4n) is 2.16. The average molecular weight is 336 g/mol. The lowest BCUT2D eigenvalue weighted by Crippen LogP contribution is -2.30. The van der Waals surface area contributed by atoms with Gasteiger partial charge in [0.2, 0.25) is 0 Å². The van der Waals surface area contributed by atoms with Gasteiger partial charge in [-0.3, -0.25) is 4.79 Å². The Labute approximate surface area is 147 Å². The zero-order chi connectivity index (χ0) is 18.4. The lowest BCUT2D eigenvalue weighted by molar-refractivity contribution is -0.123. The molecule has 0 aliphatic carbocycles. The van der Waals surface area contributed by atoms with E-state index in [-0.39, 0.29) is 0 Å². The molecule has 1 amide bonds. The van der Waals surface area contributed by atoms with Gasteiger partial charge in [-0.2, -0.15) is 5.26 Å². The summed E-state index contributed by atoms with van der Waals surface area (Å²) in [4.78, 5) is 24.2. The number of nitrogens with zero attached hydrogens (tertiary/aromatic N) is 1. The predicted molar refractivity (Wildman–Crippen MR) is 95.2 cm³/mol. The first kappa shape index (κ1) is 18.2. The molecule has 0 aromatic heterocycles.